The van der Waals surface area contributed by atoms with Crippen LogP contribution in [0.5, 0.6) is 5.75 Å². The molecule has 132 valence electrons. The molecule has 3 rings (SSSR count). The number of para-hydroxylation sites is 1. The molecule has 0 spiro atoms. The quantitative estimate of drug-likeness (QED) is 0.878. The van der Waals surface area contributed by atoms with Crippen molar-refractivity contribution in [1.82, 2.24) is 10.2 Å². The lowest BCUT2D eigenvalue weighted by Crippen LogP contribution is -2.43. The van der Waals surface area contributed by atoms with Crippen LogP contribution in [0, 0.1) is 0 Å². The Hall–Kier alpha value is -2.40. The number of halogens is 1. The first kappa shape index (κ1) is 17.4. The molecule has 1 aliphatic rings. The Labute approximate surface area is 147 Å². The van der Waals surface area contributed by atoms with E-state index in [9.17, 15) is 9.18 Å². The van der Waals surface area contributed by atoms with Crippen molar-refractivity contribution in [2.24, 2.45) is 0 Å². The number of carbonyl (C=O) groups excluding carboxylic acids is 1. The summed E-state index contributed by atoms with van der Waals surface area (Å²) < 4.78 is 19.5. The Morgan fingerprint density at radius 3 is 2.68 bits per heavy atom. The van der Waals surface area contributed by atoms with Crippen LogP contribution in [0.1, 0.15) is 6.42 Å². The maximum atomic E-state index is 13.7. The van der Waals surface area contributed by atoms with Gasteiger partial charge in [-0.1, -0.05) is 48.5 Å². The van der Waals surface area contributed by atoms with E-state index in [2.05, 4.69) is 5.32 Å². The van der Waals surface area contributed by atoms with Crippen LogP contribution in [-0.2, 0) is 4.79 Å². The van der Waals surface area contributed by atoms with E-state index < -0.39 is 6.17 Å². The predicted octanol–water partition coefficient (Wildman–Crippen LogP) is 2.89. The number of alkyl halides is 1. The van der Waals surface area contributed by atoms with Gasteiger partial charge >= 0.3 is 0 Å². The van der Waals surface area contributed by atoms with Crippen LogP contribution < -0.4 is 10.1 Å². The summed E-state index contributed by atoms with van der Waals surface area (Å²) in [6, 6.07) is 17.4. The number of likely N-dealkylation sites (N-methyl/N-ethyl adjacent to an activating group) is 1. The third-order valence-corrected chi connectivity index (χ3v) is 4.45. The highest BCUT2D eigenvalue weighted by Crippen LogP contribution is 2.29. The molecule has 0 bridgehead atoms. The average Bonchev–Trinajstić information content (AvgIpc) is 3.01. The second-order valence-corrected chi connectivity index (χ2v) is 6.24. The molecule has 0 aliphatic carbocycles. The van der Waals surface area contributed by atoms with Crippen LogP contribution in [0.25, 0.3) is 11.1 Å². The van der Waals surface area contributed by atoms with Crippen molar-refractivity contribution in [3.05, 3.63) is 54.6 Å². The summed E-state index contributed by atoms with van der Waals surface area (Å²) in [5.74, 6) is 0.478. The number of likely N-dealkylation sites (tertiary alicyclic amines) is 1. The van der Waals surface area contributed by atoms with E-state index >= 15 is 0 Å². The van der Waals surface area contributed by atoms with Gasteiger partial charge in [-0.25, -0.2) is 4.39 Å². The van der Waals surface area contributed by atoms with E-state index in [0.717, 1.165) is 11.1 Å². The normalized spacial score (nSPS) is 19.8. The number of hydrogen-bond donors (Lipinski definition) is 1. The number of nitrogens with zero attached hydrogens (tertiary/aromatic N) is 1. The number of rotatable bonds is 6. The van der Waals surface area contributed by atoms with Gasteiger partial charge in [-0.05, 0) is 18.7 Å². The fourth-order valence-corrected chi connectivity index (χ4v) is 3.27. The monoisotopic (exact) mass is 342 g/mol. The van der Waals surface area contributed by atoms with Crippen molar-refractivity contribution < 1.29 is 13.9 Å². The summed E-state index contributed by atoms with van der Waals surface area (Å²) in [5.41, 5.74) is 1.97. The molecule has 1 amide bonds. The summed E-state index contributed by atoms with van der Waals surface area (Å²) in [4.78, 5) is 14.1. The zero-order chi connectivity index (χ0) is 17.6. The van der Waals surface area contributed by atoms with Gasteiger partial charge in [-0.2, -0.15) is 0 Å². The fraction of sp³-hybridized carbons (Fsp3) is 0.350. The Morgan fingerprint density at radius 1 is 1.20 bits per heavy atom. The minimum Gasteiger partial charge on any atom is -0.483 e. The molecule has 1 N–H and O–H groups in total. The topological polar surface area (TPSA) is 41.6 Å². The van der Waals surface area contributed by atoms with E-state index in [1.807, 2.05) is 54.6 Å². The van der Waals surface area contributed by atoms with E-state index in [-0.39, 0.29) is 25.1 Å². The maximum Gasteiger partial charge on any atom is 0.260 e. The van der Waals surface area contributed by atoms with Gasteiger partial charge in [-0.3, -0.25) is 4.79 Å². The summed E-state index contributed by atoms with van der Waals surface area (Å²) in [6.45, 7) is 0.651. The molecule has 0 unspecified atom stereocenters. The van der Waals surface area contributed by atoms with Crippen molar-refractivity contribution >= 4 is 5.91 Å². The molecule has 1 heterocycles. The van der Waals surface area contributed by atoms with Gasteiger partial charge < -0.3 is 15.0 Å². The number of amides is 1. The van der Waals surface area contributed by atoms with E-state index in [0.29, 0.717) is 18.7 Å². The van der Waals surface area contributed by atoms with Gasteiger partial charge in [0.15, 0.2) is 6.61 Å². The Balaban J connectivity index is 1.69. The second kappa shape index (κ2) is 8.12. The van der Waals surface area contributed by atoms with Gasteiger partial charge in [-0.15, -0.1) is 0 Å². The van der Waals surface area contributed by atoms with Crippen LogP contribution >= 0.6 is 0 Å². The summed E-state index contributed by atoms with van der Waals surface area (Å²) in [7, 11) is 1.81. The molecule has 2 aromatic carbocycles. The van der Waals surface area contributed by atoms with Crippen molar-refractivity contribution in [3.63, 3.8) is 0 Å². The molecule has 2 atom stereocenters. The third-order valence-electron chi connectivity index (χ3n) is 4.45. The Kier molecular flexibility index (Phi) is 5.66. The standard InChI is InChI=1S/C20H23FN2O2/c1-22-12-17-11-16(21)13-23(17)20(24)14-25-19-10-6-5-9-18(19)15-7-3-2-4-8-15/h2-10,16-17,22H,11-14H2,1H3/t16-,17-/m0/s1. The van der Waals surface area contributed by atoms with Gasteiger partial charge in [0.05, 0.1) is 6.54 Å². The van der Waals surface area contributed by atoms with Crippen molar-refractivity contribution in [3.8, 4) is 16.9 Å². The zero-order valence-corrected chi connectivity index (χ0v) is 14.3. The van der Waals surface area contributed by atoms with Crippen LogP contribution in [0.3, 0.4) is 0 Å². The molecule has 2 aromatic rings. The first-order valence-electron chi connectivity index (χ1n) is 8.54. The highest BCUT2D eigenvalue weighted by atomic mass is 19.1. The SMILES string of the molecule is CNC[C@@H]1C[C@H](F)CN1C(=O)COc1ccccc1-c1ccccc1. The van der Waals surface area contributed by atoms with Crippen LogP contribution in [0.15, 0.2) is 54.6 Å². The van der Waals surface area contributed by atoms with Crippen molar-refractivity contribution in [1.29, 1.82) is 0 Å². The van der Waals surface area contributed by atoms with Gasteiger partial charge in [0.25, 0.3) is 5.91 Å². The minimum atomic E-state index is -0.959. The van der Waals surface area contributed by atoms with Gasteiger partial charge in [0.2, 0.25) is 0 Å². The van der Waals surface area contributed by atoms with Gasteiger partial charge in [0.1, 0.15) is 11.9 Å². The Bertz CT molecular complexity index is 708. The fourth-order valence-electron chi connectivity index (χ4n) is 3.27. The lowest BCUT2D eigenvalue weighted by atomic mass is 10.1. The van der Waals surface area contributed by atoms with E-state index in [4.69, 9.17) is 4.74 Å². The average molecular weight is 342 g/mol. The van der Waals surface area contributed by atoms with Gasteiger partial charge in [0, 0.05) is 24.6 Å². The van der Waals surface area contributed by atoms with Crippen LogP contribution in [0.4, 0.5) is 4.39 Å². The summed E-state index contributed by atoms with van der Waals surface area (Å²) >= 11 is 0. The second-order valence-electron chi connectivity index (χ2n) is 6.24. The highest BCUT2D eigenvalue weighted by Gasteiger charge is 2.34. The molecule has 0 radical (unpaired) electrons. The van der Waals surface area contributed by atoms with Crippen molar-refractivity contribution in [2.45, 2.75) is 18.6 Å². The molecule has 25 heavy (non-hydrogen) atoms. The number of carbonyl (C=O) groups is 1. The Morgan fingerprint density at radius 2 is 1.92 bits per heavy atom. The number of benzene rings is 2. The lowest BCUT2D eigenvalue weighted by Gasteiger charge is -2.24. The van der Waals surface area contributed by atoms with Crippen LogP contribution in [0.2, 0.25) is 0 Å². The molecule has 5 heteroatoms. The molecular formula is C20H23FN2O2. The zero-order valence-electron chi connectivity index (χ0n) is 14.3. The van der Waals surface area contributed by atoms with Crippen LogP contribution in [-0.4, -0.2) is 49.8 Å². The molecule has 1 fully saturated rings. The first-order chi connectivity index (χ1) is 12.2. The van der Waals surface area contributed by atoms with E-state index in [1.54, 1.807) is 11.9 Å². The predicted molar refractivity (Wildman–Crippen MR) is 96.3 cm³/mol. The lowest BCUT2D eigenvalue weighted by molar-refractivity contribution is -0.134. The number of hydrogen-bond acceptors (Lipinski definition) is 3. The van der Waals surface area contributed by atoms with Crippen molar-refractivity contribution in [2.75, 3.05) is 26.7 Å². The minimum absolute atomic E-state index is 0.0865. The highest BCUT2D eigenvalue weighted by molar-refractivity contribution is 5.79. The molecule has 0 saturated carbocycles. The smallest absolute Gasteiger partial charge is 0.260 e. The maximum absolute atomic E-state index is 13.7. The largest absolute Gasteiger partial charge is 0.483 e. The number of ether oxygens (including phenoxy) is 1. The number of nitrogens with one attached hydrogen (secondary N) is 1. The first-order valence-corrected chi connectivity index (χ1v) is 8.54. The molecule has 4 nitrogen and oxygen atoms in total. The summed E-state index contributed by atoms with van der Waals surface area (Å²) in [5, 5.41) is 3.02. The molecule has 1 aliphatic heterocycles. The molecule has 1 saturated heterocycles. The molecular weight excluding hydrogens is 319 g/mol. The van der Waals surface area contributed by atoms with E-state index in [1.165, 1.54) is 0 Å². The molecule has 0 aromatic heterocycles. The summed E-state index contributed by atoms with van der Waals surface area (Å²) in [6.07, 6.45) is -0.577. The third kappa shape index (κ3) is 4.17.